The second-order valence-corrected chi connectivity index (χ2v) is 11.5. The minimum atomic E-state index is -2.92. The normalized spacial score (nSPS) is 22.2. The standard InChI is InChI=1S/C25H31F2N3OS/c1-25(2,3)19-9-18(8-16-4-5-16)13-30(14-19)15-20-12-29-23(32-20)21-10-17(11-28)6-7-22(21)31-24(26)27/h6-7,10,12,16,18-19,24H,4-5,8-9,13-15H2,1-3H3. The molecule has 0 N–H and O–H groups in total. The Morgan fingerprint density at radius 2 is 2.03 bits per heavy atom. The van der Waals surface area contributed by atoms with E-state index in [0.717, 1.165) is 36.3 Å². The average molecular weight is 460 g/mol. The van der Waals surface area contributed by atoms with Crippen LogP contribution in [0.2, 0.25) is 0 Å². The lowest BCUT2D eigenvalue weighted by molar-refractivity contribution is -0.0494. The molecule has 2 fully saturated rings. The zero-order chi connectivity index (χ0) is 22.9. The average Bonchev–Trinajstić information content (AvgIpc) is 3.42. The van der Waals surface area contributed by atoms with E-state index < -0.39 is 6.61 Å². The Morgan fingerprint density at radius 3 is 2.69 bits per heavy atom. The molecule has 0 radical (unpaired) electrons. The molecule has 7 heteroatoms. The maximum Gasteiger partial charge on any atom is 0.387 e. The van der Waals surface area contributed by atoms with Crippen LogP contribution in [-0.4, -0.2) is 29.6 Å². The highest BCUT2D eigenvalue weighted by Gasteiger charge is 2.36. The number of hydrogen-bond donors (Lipinski definition) is 0. The molecular weight excluding hydrogens is 428 g/mol. The van der Waals surface area contributed by atoms with E-state index in [-0.39, 0.29) is 11.2 Å². The van der Waals surface area contributed by atoms with Crippen molar-refractivity contribution in [3.63, 3.8) is 0 Å². The van der Waals surface area contributed by atoms with Gasteiger partial charge in [0.15, 0.2) is 0 Å². The summed E-state index contributed by atoms with van der Waals surface area (Å²) in [7, 11) is 0. The predicted octanol–water partition coefficient (Wildman–Crippen LogP) is 6.57. The fraction of sp³-hybridized carbons (Fsp3) is 0.600. The van der Waals surface area contributed by atoms with E-state index in [9.17, 15) is 14.0 Å². The van der Waals surface area contributed by atoms with Gasteiger partial charge in [-0.15, -0.1) is 11.3 Å². The molecule has 172 valence electrons. The summed E-state index contributed by atoms with van der Waals surface area (Å²) >= 11 is 1.49. The predicted molar refractivity (Wildman–Crippen MR) is 123 cm³/mol. The maximum absolute atomic E-state index is 12.9. The lowest BCUT2D eigenvalue weighted by atomic mass is 9.72. The molecule has 1 aromatic heterocycles. The van der Waals surface area contributed by atoms with Crippen LogP contribution in [0, 0.1) is 34.5 Å². The summed E-state index contributed by atoms with van der Waals surface area (Å²) in [5.74, 6) is 2.38. The Balaban J connectivity index is 1.51. The zero-order valence-electron chi connectivity index (χ0n) is 19.0. The molecule has 1 aromatic carbocycles. The number of likely N-dealkylation sites (tertiary alicyclic amines) is 1. The van der Waals surface area contributed by atoms with Gasteiger partial charge in [-0.2, -0.15) is 14.0 Å². The van der Waals surface area contributed by atoms with E-state index >= 15 is 0 Å². The number of nitriles is 1. The number of alkyl halides is 2. The van der Waals surface area contributed by atoms with E-state index in [0.29, 0.717) is 22.1 Å². The van der Waals surface area contributed by atoms with E-state index in [1.807, 2.05) is 6.20 Å². The molecule has 2 unspecified atom stereocenters. The lowest BCUT2D eigenvalue weighted by Crippen LogP contribution is -2.44. The Kier molecular flexibility index (Phi) is 6.83. The molecule has 2 atom stereocenters. The molecule has 1 saturated heterocycles. The van der Waals surface area contributed by atoms with Gasteiger partial charge in [0.2, 0.25) is 0 Å². The van der Waals surface area contributed by atoms with Crippen molar-refractivity contribution in [2.24, 2.45) is 23.2 Å². The Hall–Kier alpha value is -2.04. The van der Waals surface area contributed by atoms with Gasteiger partial charge >= 0.3 is 6.61 Å². The van der Waals surface area contributed by atoms with Crippen LogP contribution in [0.3, 0.4) is 0 Å². The second-order valence-electron chi connectivity index (χ2n) is 10.4. The number of benzene rings is 1. The topological polar surface area (TPSA) is 49.2 Å². The van der Waals surface area contributed by atoms with Gasteiger partial charge in [0.25, 0.3) is 0 Å². The summed E-state index contributed by atoms with van der Waals surface area (Å²) < 4.78 is 30.4. The molecule has 0 bridgehead atoms. The summed E-state index contributed by atoms with van der Waals surface area (Å²) in [6, 6.07) is 6.53. The first kappa shape index (κ1) is 23.1. The third-order valence-electron chi connectivity index (χ3n) is 6.69. The zero-order valence-corrected chi connectivity index (χ0v) is 19.8. The molecule has 2 aliphatic rings. The number of halogens is 2. The fourth-order valence-corrected chi connectivity index (χ4v) is 5.72. The number of rotatable bonds is 7. The number of ether oxygens (including phenoxy) is 1. The first-order valence-corrected chi connectivity index (χ1v) is 12.2. The second kappa shape index (κ2) is 9.44. The van der Waals surface area contributed by atoms with Gasteiger partial charge in [-0.1, -0.05) is 33.6 Å². The van der Waals surface area contributed by atoms with Gasteiger partial charge in [0.1, 0.15) is 10.8 Å². The van der Waals surface area contributed by atoms with Crippen LogP contribution in [0.5, 0.6) is 5.75 Å². The van der Waals surface area contributed by atoms with Crippen LogP contribution in [0.4, 0.5) is 8.78 Å². The number of hydrogen-bond acceptors (Lipinski definition) is 5. The van der Waals surface area contributed by atoms with Crippen molar-refractivity contribution in [1.29, 1.82) is 5.26 Å². The first-order chi connectivity index (χ1) is 15.2. The third kappa shape index (κ3) is 5.85. The van der Waals surface area contributed by atoms with Crippen LogP contribution in [0.25, 0.3) is 10.6 Å². The number of aromatic nitrogens is 1. The fourth-order valence-electron chi connectivity index (χ4n) is 4.75. The van der Waals surface area contributed by atoms with E-state index in [4.69, 9.17) is 0 Å². The highest BCUT2D eigenvalue weighted by molar-refractivity contribution is 7.15. The van der Waals surface area contributed by atoms with Gasteiger partial charge in [-0.05, 0) is 54.2 Å². The summed E-state index contributed by atoms with van der Waals surface area (Å²) in [4.78, 5) is 8.15. The van der Waals surface area contributed by atoms with Crippen molar-refractivity contribution >= 4 is 11.3 Å². The molecule has 0 amide bonds. The van der Waals surface area contributed by atoms with E-state index in [1.165, 1.54) is 49.2 Å². The van der Waals surface area contributed by atoms with Gasteiger partial charge in [-0.25, -0.2) is 4.98 Å². The van der Waals surface area contributed by atoms with Crippen molar-refractivity contribution in [3.05, 3.63) is 34.8 Å². The number of thiazole rings is 1. The molecule has 2 heterocycles. The minimum absolute atomic E-state index is 0.0511. The first-order valence-electron chi connectivity index (χ1n) is 11.4. The lowest BCUT2D eigenvalue weighted by Gasteiger charge is -2.43. The monoisotopic (exact) mass is 459 g/mol. The molecular formula is C25H31F2N3OS. The van der Waals surface area contributed by atoms with Gasteiger partial charge in [-0.3, -0.25) is 4.90 Å². The van der Waals surface area contributed by atoms with Crippen LogP contribution < -0.4 is 4.74 Å². The van der Waals surface area contributed by atoms with Crippen LogP contribution in [0.15, 0.2) is 24.4 Å². The minimum Gasteiger partial charge on any atom is -0.434 e. The molecule has 4 nitrogen and oxygen atoms in total. The summed E-state index contributed by atoms with van der Waals surface area (Å²) in [5, 5.41) is 9.83. The molecule has 32 heavy (non-hydrogen) atoms. The quantitative estimate of drug-likeness (QED) is 0.470. The smallest absolute Gasteiger partial charge is 0.387 e. The molecule has 2 aromatic rings. The van der Waals surface area contributed by atoms with E-state index in [1.54, 1.807) is 6.07 Å². The molecule has 1 saturated carbocycles. The molecule has 1 aliphatic carbocycles. The SMILES string of the molecule is CC(C)(C)C1CC(CC2CC2)CN(Cc2cnc(-c3cc(C#N)ccc3OC(F)F)s2)C1. The molecule has 1 aliphatic heterocycles. The van der Waals surface area contributed by atoms with E-state index in [2.05, 4.69) is 41.5 Å². The van der Waals surface area contributed by atoms with Crippen molar-refractivity contribution in [3.8, 4) is 22.4 Å². The highest BCUT2D eigenvalue weighted by atomic mass is 32.1. The maximum atomic E-state index is 12.9. The molecule has 4 rings (SSSR count). The van der Waals surface area contributed by atoms with Crippen LogP contribution >= 0.6 is 11.3 Å². The van der Waals surface area contributed by atoms with Gasteiger partial charge in [0.05, 0.1) is 17.2 Å². The van der Waals surface area contributed by atoms with Crippen molar-refractivity contribution in [1.82, 2.24) is 9.88 Å². The van der Waals surface area contributed by atoms with Crippen LogP contribution in [-0.2, 0) is 6.54 Å². The number of piperidine rings is 1. The van der Waals surface area contributed by atoms with Gasteiger partial charge in [0, 0.05) is 30.7 Å². The highest BCUT2D eigenvalue weighted by Crippen LogP contribution is 2.43. The molecule has 0 spiro atoms. The van der Waals surface area contributed by atoms with Crippen LogP contribution in [0.1, 0.15) is 56.9 Å². The Labute approximate surface area is 193 Å². The van der Waals surface area contributed by atoms with Crippen molar-refractivity contribution in [2.75, 3.05) is 13.1 Å². The Bertz CT molecular complexity index is 974. The van der Waals surface area contributed by atoms with Gasteiger partial charge < -0.3 is 4.74 Å². The number of nitrogens with zero attached hydrogens (tertiary/aromatic N) is 3. The summed E-state index contributed by atoms with van der Waals surface area (Å²) in [6.45, 7) is 7.09. The van der Waals surface area contributed by atoms with Crippen molar-refractivity contribution in [2.45, 2.75) is 59.6 Å². The summed E-state index contributed by atoms with van der Waals surface area (Å²) in [6.07, 6.45) is 7.26. The third-order valence-corrected chi connectivity index (χ3v) is 7.70. The van der Waals surface area contributed by atoms with Crippen molar-refractivity contribution < 1.29 is 13.5 Å². The summed E-state index contributed by atoms with van der Waals surface area (Å²) in [5.41, 5.74) is 1.11. The Morgan fingerprint density at radius 1 is 1.25 bits per heavy atom. The largest absolute Gasteiger partial charge is 0.434 e.